The number of benzene rings is 2. The van der Waals surface area contributed by atoms with Gasteiger partial charge in [0.25, 0.3) is 5.91 Å². The molecule has 108 valence electrons. The number of carbonyl (C=O) groups excluding carboxylic acids is 1. The largest absolute Gasteiger partial charge is 0.387 e. The zero-order valence-corrected chi connectivity index (χ0v) is 12.7. The fraction of sp³-hybridized carbons (Fsp3) is 0.235. The van der Waals surface area contributed by atoms with E-state index in [1.165, 1.54) is 10.5 Å². The fourth-order valence-electron chi connectivity index (χ4n) is 2.63. The Labute approximate surface area is 129 Å². The normalized spacial score (nSPS) is 16.9. The number of anilines is 1. The second-order valence-electron chi connectivity index (χ2n) is 5.00. The number of fused-ring (bicyclic) bond motifs is 1. The molecule has 0 saturated heterocycles. The van der Waals surface area contributed by atoms with Gasteiger partial charge in [-0.3, -0.25) is 4.79 Å². The number of rotatable bonds is 3. The quantitative estimate of drug-likeness (QED) is 0.908. The molecule has 1 aliphatic rings. The third-order valence-corrected chi connectivity index (χ3v) is 4.83. The van der Waals surface area contributed by atoms with Crippen LogP contribution in [-0.4, -0.2) is 18.7 Å². The first-order valence-electron chi connectivity index (χ1n) is 7.09. The van der Waals surface area contributed by atoms with E-state index in [2.05, 4.69) is 22.8 Å². The summed E-state index contributed by atoms with van der Waals surface area (Å²) in [4.78, 5) is 13.8. The lowest BCUT2D eigenvalue weighted by Gasteiger charge is -2.26. The average molecular weight is 298 g/mol. The van der Waals surface area contributed by atoms with E-state index in [1.807, 2.05) is 55.2 Å². The Morgan fingerprint density at radius 1 is 1.14 bits per heavy atom. The molecular weight excluding hydrogens is 280 g/mol. The summed E-state index contributed by atoms with van der Waals surface area (Å²) >= 11 is 1.86. The number of hydrogen-bond donors (Lipinski definition) is 2. The maximum absolute atomic E-state index is 12.5. The topological polar surface area (TPSA) is 41.1 Å². The van der Waals surface area contributed by atoms with Gasteiger partial charge in [0.2, 0.25) is 0 Å². The van der Waals surface area contributed by atoms with Crippen molar-refractivity contribution >= 4 is 23.4 Å². The van der Waals surface area contributed by atoms with Crippen LogP contribution in [0.15, 0.2) is 53.4 Å². The molecule has 4 heteroatoms. The van der Waals surface area contributed by atoms with Gasteiger partial charge in [-0.2, -0.15) is 0 Å². The molecule has 1 aliphatic heterocycles. The van der Waals surface area contributed by atoms with Crippen LogP contribution in [0.1, 0.15) is 28.4 Å². The van der Waals surface area contributed by atoms with Crippen LogP contribution in [0.4, 0.5) is 5.69 Å². The molecule has 1 heterocycles. The summed E-state index contributed by atoms with van der Waals surface area (Å²) in [5.74, 6) is 1.02. The van der Waals surface area contributed by atoms with Crippen LogP contribution in [0.2, 0.25) is 0 Å². The van der Waals surface area contributed by atoms with Crippen molar-refractivity contribution in [3.8, 4) is 0 Å². The Bertz CT molecular complexity index is 657. The van der Waals surface area contributed by atoms with Gasteiger partial charge in [0.05, 0.1) is 11.6 Å². The van der Waals surface area contributed by atoms with Crippen LogP contribution >= 0.6 is 11.8 Å². The number of carbonyl (C=O) groups is 1. The van der Waals surface area contributed by atoms with Gasteiger partial charge in [-0.25, -0.2) is 0 Å². The van der Waals surface area contributed by atoms with Gasteiger partial charge in [-0.1, -0.05) is 30.3 Å². The third kappa shape index (κ3) is 2.90. The summed E-state index contributed by atoms with van der Waals surface area (Å²) in [5, 5.41) is 6.24. The van der Waals surface area contributed by atoms with Gasteiger partial charge in [0, 0.05) is 23.4 Å². The standard InChI is InChI=1S/C17H18N2OS/c1-18-14-8-4-2-7-13(14)17(20)19-15-10-11-21-16-9-5-3-6-12(15)16/h2-9,15,18H,10-11H2,1H3,(H,19,20). The maximum atomic E-state index is 12.5. The lowest BCUT2D eigenvalue weighted by Crippen LogP contribution is -2.31. The molecule has 1 amide bonds. The Morgan fingerprint density at radius 3 is 2.76 bits per heavy atom. The lowest BCUT2D eigenvalue weighted by molar-refractivity contribution is 0.0936. The van der Waals surface area contributed by atoms with Crippen LogP contribution in [0.3, 0.4) is 0 Å². The Hall–Kier alpha value is -1.94. The number of hydrogen-bond acceptors (Lipinski definition) is 3. The summed E-state index contributed by atoms with van der Waals surface area (Å²) in [7, 11) is 1.83. The van der Waals surface area contributed by atoms with Gasteiger partial charge in [-0.15, -0.1) is 11.8 Å². The molecule has 1 unspecified atom stereocenters. The van der Waals surface area contributed by atoms with E-state index in [9.17, 15) is 4.79 Å². The Balaban J connectivity index is 1.83. The van der Waals surface area contributed by atoms with E-state index in [4.69, 9.17) is 0 Å². The number of thioether (sulfide) groups is 1. The van der Waals surface area contributed by atoms with Gasteiger partial charge >= 0.3 is 0 Å². The molecule has 0 saturated carbocycles. The van der Waals surface area contributed by atoms with Crippen LogP contribution in [0, 0.1) is 0 Å². The lowest BCUT2D eigenvalue weighted by atomic mass is 10.0. The van der Waals surface area contributed by atoms with Gasteiger partial charge in [0.1, 0.15) is 0 Å². The van der Waals surface area contributed by atoms with Crippen molar-refractivity contribution in [1.29, 1.82) is 0 Å². The van der Waals surface area contributed by atoms with E-state index < -0.39 is 0 Å². The first-order chi connectivity index (χ1) is 10.3. The van der Waals surface area contributed by atoms with Crippen molar-refractivity contribution in [2.75, 3.05) is 18.1 Å². The molecule has 2 aromatic rings. The smallest absolute Gasteiger partial charge is 0.253 e. The molecule has 21 heavy (non-hydrogen) atoms. The van der Waals surface area contributed by atoms with E-state index in [0.29, 0.717) is 5.56 Å². The third-order valence-electron chi connectivity index (χ3n) is 3.70. The van der Waals surface area contributed by atoms with E-state index in [1.54, 1.807) is 0 Å². The van der Waals surface area contributed by atoms with Crippen molar-refractivity contribution in [3.05, 3.63) is 59.7 Å². The minimum Gasteiger partial charge on any atom is -0.387 e. The van der Waals surface area contributed by atoms with Crippen LogP contribution in [-0.2, 0) is 0 Å². The molecule has 2 N–H and O–H groups in total. The zero-order valence-electron chi connectivity index (χ0n) is 11.9. The van der Waals surface area contributed by atoms with Crippen molar-refractivity contribution in [2.45, 2.75) is 17.4 Å². The summed E-state index contributed by atoms with van der Waals surface area (Å²) in [6.45, 7) is 0. The highest BCUT2D eigenvalue weighted by Gasteiger charge is 2.23. The van der Waals surface area contributed by atoms with Crippen molar-refractivity contribution in [3.63, 3.8) is 0 Å². The number of nitrogens with one attached hydrogen (secondary N) is 2. The molecule has 0 spiro atoms. The molecule has 0 radical (unpaired) electrons. The van der Waals surface area contributed by atoms with Crippen LogP contribution < -0.4 is 10.6 Å². The SMILES string of the molecule is CNc1ccccc1C(=O)NC1CCSc2ccccc21. The summed E-state index contributed by atoms with van der Waals surface area (Å²) in [5.41, 5.74) is 2.77. The maximum Gasteiger partial charge on any atom is 0.253 e. The first kappa shape index (κ1) is 14.0. The average Bonchev–Trinajstić information content (AvgIpc) is 2.55. The first-order valence-corrected chi connectivity index (χ1v) is 8.07. The zero-order chi connectivity index (χ0) is 14.7. The molecule has 1 atom stereocenters. The molecule has 0 aromatic heterocycles. The Kier molecular flexibility index (Phi) is 4.15. The fourth-order valence-corrected chi connectivity index (χ4v) is 3.75. The molecule has 3 rings (SSSR count). The second kappa shape index (κ2) is 6.22. The van der Waals surface area contributed by atoms with E-state index >= 15 is 0 Å². The minimum absolute atomic E-state index is 0.0216. The van der Waals surface area contributed by atoms with Crippen molar-refractivity contribution in [2.24, 2.45) is 0 Å². The number of amides is 1. The van der Waals surface area contributed by atoms with Gasteiger partial charge in [-0.05, 0) is 30.2 Å². The van der Waals surface area contributed by atoms with Crippen LogP contribution in [0.25, 0.3) is 0 Å². The second-order valence-corrected chi connectivity index (χ2v) is 6.13. The highest BCUT2D eigenvalue weighted by molar-refractivity contribution is 7.99. The highest BCUT2D eigenvalue weighted by Crippen LogP contribution is 2.36. The van der Waals surface area contributed by atoms with Crippen molar-refractivity contribution < 1.29 is 4.79 Å². The summed E-state index contributed by atoms with van der Waals surface area (Å²) < 4.78 is 0. The number of para-hydroxylation sites is 1. The summed E-state index contributed by atoms with van der Waals surface area (Å²) in [6, 6.07) is 16.0. The van der Waals surface area contributed by atoms with Gasteiger partial charge in [0.15, 0.2) is 0 Å². The predicted octanol–water partition coefficient (Wildman–Crippen LogP) is 3.70. The summed E-state index contributed by atoms with van der Waals surface area (Å²) in [6.07, 6.45) is 0.967. The monoisotopic (exact) mass is 298 g/mol. The molecule has 2 aromatic carbocycles. The van der Waals surface area contributed by atoms with Crippen LogP contribution in [0.5, 0.6) is 0 Å². The molecular formula is C17H18N2OS. The predicted molar refractivity (Wildman–Crippen MR) is 88.0 cm³/mol. The minimum atomic E-state index is -0.0216. The highest BCUT2D eigenvalue weighted by atomic mass is 32.2. The van der Waals surface area contributed by atoms with Gasteiger partial charge < -0.3 is 10.6 Å². The Morgan fingerprint density at radius 2 is 1.90 bits per heavy atom. The molecule has 0 aliphatic carbocycles. The van der Waals surface area contributed by atoms with Crippen molar-refractivity contribution in [1.82, 2.24) is 5.32 Å². The van der Waals surface area contributed by atoms with E-state index in [0.717, 1.165) is 17.9 Å². The molecule has 3 nitrogen and oxygen atoms in total. The van der Waals surface area contributed by atoms with E-state index in [-0.39, 0.29) is 11.9 Å². The molecule has 0 bridgehead atoms. The molecule has 0 fully saturated rings.